The van der Waals surface area contributed by atoms with Crippen molar-refractivity contribution in [2.75, 3.05) is 7.05 Å². The van der Waals surface area contributed by atoms with Crippen molar-refractivity contribution in [3.63, 3.8) is 0 Å². The number of benzene rings is 2. The largest absolute Gasteiger partial charge is 0.350 e. The van der Waals surface area contributed by atoms with Crippen LogP contribution in [0.3, 0.4) is 0 Å². The summed E-state index contributed by atoms with van der Waals surface area (Å²) in [5.74, 6) is 0.815. The maximum Gasteiger partial charge on any atom is 0.251 e. The van der Waals surface area contributed by atoms with Crippen molar-refractivity contribution in [3.05, 3.63) is 70.5 Å². The number of carbonyl (C=O) groups is 1. The van der Waals surface area contributed by atoms with E-state index in [-0.39, 0.29) is 11.9 Å². The lowest BCUT2D eigenvalue weighted by molar-refractivity contribution is 0.0943. The molecule has 0 atom stereocenters. The maximum absolute atomic E-state index is 11.6. The van der Waals surface area contributed by atoms with Gasteiger partial charge in [-0.05, 0) is 50.7 Å². The van der Waals surface area contributed by atoms with E-state index in [1.165, 1.54) is 0 Å². The van der Waals surface area contributed by atoms with E-state index < -0.39 is 0 Å². The van der Waals surface area contributed by atoms with E-state index in [2.05, 4.69) is 31.1 Å². The van der Waals surface area contributed by atoms with Gasteiger partial charge < -0.3 is 10.3 Å². The van der Waals surface area contributed by atoms with Gasteiger partial charge in [0.25, 0.3) is 5.91 Å². The summed E-state index contributed by atoms with van der Waals surface area (Å²) in [7, 11) is 1.82. The molecule has 4 N–H and O–H groups in total. The quantitative estimate of drug-likeness (QED) is 0.355. The summed E-state index contributed by atoms with van der Waals surface area (Å²) >= 11 is 1.57. The fourth-order valence-electron chi connectivity index (χ4n) is 2.71. The van der Waals surface area contributed by atoms with Gasteiger partial charge in [0.15, 0.2) is 5.82 Å². The number of hydrazine groups is 1. The first-order chi connectivity index (χ1) is 14.6. The van der Waals surface area contributed by atoms with Gasteiger partial charge in [-0.15, -0.1) is 11.3 Å². The van der Waals surface area contributed by atoms with E-state index in [1.54, 1.807) is 11.3 Å². The monoisotopic (exact) mass is 422 g/mol. The maximum atomic E-state index is 11.6. The highest BCUT2D eigenvalue weighted by Crippen LogP contribution is 2.19. The molecule has 0 radical (unpaired) electrons. The van der Waals surface area contributed by atoms with Crippen molar-refractivity contribution < 1.29 is 4.79 Å². The Kier molecular flexibility index (Phi) is 7.67. The van der Waals surface area contributed by atoms with Crippen molar-refractivity contribution in [2.45, 2.75) is 26.4 Å². The number of H-pyrrole nitrogens is 1. The summed E-state index contributed by atoms with van der Waals surface area (Å²) in [6.45, 7) is 4.63. The molecular weight excluding hydrogens is 396 g/mol. The predicted octanol–water partition coefficient (Wildman–Crippen LogP) is 3.74. The number of hydrogen-bond donors (Lipinski definition) is 4. The number of rotatable bonds is 6. The molecule has 0 aliphatic heterocycles. The lowest BCUT2D eigenvalue weighted by atomic mass is 10.1. The molecule has 0 bridgehead atoms. The number of carbonyl (C=O) groups excluding carboxylic acids is 1. The van der Waals surface area contributed by atoms with Crippen molar-refractivity contribution in [1.82, 2.24) is 31.1 Å². The van der Waals surface area contributed by atoms with Crippen molar-refractivity contribution >= 4 is 28.3 Å². The van der Waals surface area contributed by atoms with Gasteiger partial charge in [0.05, 0.1) is 16.5 Å². The Morgan fingerprint density at radius 3 is 2.53 bits per heavy atom. The minimum atomic E-state index is -0.0249. The molecule has 0 fully saturated rings. The van der Waals surface area contributed by atoms with Crippen molar-refractivity contribution in [2.24, 2.45) is 0 Å². The van der Waals surface area contributed by atoms with Crippen LogP contribution in [0.25, 0.3) is 22.6 Å². The molecular formula is C22H26N6OS. The number of aromatic amines is 1. The van der Waals surface area contributed by atoms with Gasteiger partial charge >= 0.3 is 0 Å². The lowest BCUT2D eigenvalue weighted by Crippen LogP contribution is -2.30. The van der Waals surface area contributed by atoms with E-state index in [4.69, 9.17) is 0 Å². The smallest absolute Gasteiger partial charge is 0.251 e. The van der Waals surface area contributed by atoms with Gasteiger partial charge in [0, 0.05) is 23.5 Å². The Balaban J connectivity index is 0.000000171. The van der Waals surface area contributed by atoms with Gasteiger partial charge in [0.1, 0.15) is 5.69 Å². The first-order valence-corrected chi connectivity index (χ1v) is 10.6. The molecule has 2 aromatic heterocycles. The van der Waals surface area contributed by atoms with Crippen LogP contribution in [0.1, 0.15) is 29.8 Å². The molecule has 4 rings (SSSR count). The SMILES string of the molecule is CNNCc1ccc(C(=O)NC(C)C)cc1.c1ccc2[nH]c(-c3cscn3)nc2c1. The van der Waals surface area contributed by atoms with Crippen LogP contribution < -0.4 is 16.2 Å². The minimum absolute atomic E-state index is 0.0249. The summed E-state index contributed by atoms with van der Waals surface area (Å²) in [5, 5.41) is 4.84. The normalized spacial score (nSPS) is 10.7. The zero-order valence-corrected chi connectivity index (χ0v) is 18.1. The zero-order valence-electron chi connectivity index (χ0n) is 17.3. The second-order valence-corrected chi connectivity index (χ2v) is 7.62. The molecule has 1 amide bonds. The molecule has 0 saturated carbocycles. The third kappa shape index (κ3) is 5.96. The average Bonchev–Trinajstić information content (AvgIpc) is 3.42. The Hall–Kier alpha value is -3.07. The van der Waals surface area contributed by atoms with E-state index in [0.29, 0.717) is 5.56 Å². The van der Waals surface area contributed by atoms with Crippen molar-refractivity contribution in [1.29, 1.82) is 0 Å². The molecule has 156 valence electrons. The third-order valence-electron chi connectivity index (χ3n) is 4.17. The predicted molar refractivity (Wildman–Crippen MR) is 122 cm³/mol. The second-order valence-electron chi connectivity index (χ2n) is 6.90. The second kappa shape index (κ2) is 10.6. The molecule has 2 heterocycles. The minimum Gasteiger partial charge on any atom is -0.350 e. The number of nitrogens with one attached hydrogen (secondary N) is 4. The Bertz CT molecular complexity index is 1020. The van der Waals surface area contributed by atoms with Crippen LogP contribution in [0.15, 0.2) is 59.4 Å². The molecule has 4 aromatic rings. The average molecular weight is 423 g/mol. The highest BCUT2D eigenvalue weighted by atomic mass is 32.1. The van der Waals surface area contributed by atoms with Crippen LogP contribution in [0.5, 0.6) is 0 Å². The summed E-state index contributed by atoms with van der Waals surface area (Å²) in [6.07, 6.45) is 0. The first kappa shape index (κ1) is 21.6. The highest BCUT2D eigenvalue weighted by molar-refractivity contribution is 7.07. The number of para-hydroxylation sites is 2. The molecule has 0 aliphatic carbocycles. The number of fused-ring (bicyclic) bond motifs is 1. The van der Waals surface area contributed by atoms with Gasteiger partial charge in [-0.25, -0.2) is 9.97 Å². The molecule has 0 aliphatic rings. The summed E-state index contributed by atoms with van der Waals surface area (Å²) in [4.78, 5) is 23.5. The van der Waals surface area contributed by atoms with Gasteiger partial charge in [-0.3, -0.25) is 15.6 Å². The van der Waals surface area contributed by atoms with E-state index in [9.17, 15) is 4.79 Å². The fraction of sp³-hybridized carbons (Fsp3) is 0.227. The number of thiazole rings is 1. The van der Waals surface area contributed by atoms with Crippen molar-refractivity contribution in [3.8, 4) is 11.5 Å². The van der Waals surface area contributed by atoms with Crippen LogP contribution >= 0.6 is 11.3 Å². The van der Waals surface area contributed by atoms with Gasteiger partial charge in [0.2, 0.25) is 0 Å². The number of hydrogen-bond acceptors (Lipinski definition) is 6. The van der Waals surface area contributed by atoms with Crippen LogP contribution in [-0.4, -0.2) is 33.9 Å². The Labute approximate surface area is 179 Å². The Morgan fingerprint density at radius 1 is 1.13 bits per heavy atom. The van der Waals surface area contributed by atoms with Crippen LogP contribution in [0.4, 0.5) is 0 Å². The molecule has 2 aromatic carbocycles. The fourth-order valence-corrected chi connectivity index (χ4v) is 3.25. The van der Waals surface area contributed by atoms with Gasteiger partial charge in [-0.1, -0.05) is 24.3 Å². The zero-order chi connectivity index (χ0) is 21.3. The van der Waals surface area contributed by atoms with Gasteiger partial charge in [-0.2, -0.15) is 0 Å². The third-order valence-corrected chi connectivity index (χ3v) is 4.76. The van der Waals surface area contributed by atoms with Crippen LogP contribution in [-0.2, 0) is 6.54 Å². The molecule has 30 heavy (non-hydrogen) atoms. The molecule has 0 spiro atoms. The first-order valence-electron chi connectivity index (χ1n) is 9.69. The van der Waals surface area contributed by atoms with Crippen LogP contribution in [0.2, 0.25) is 0 Å². The Morgan fingerprint density at radius 2 is 1.90 bits per heavy atom. The topological polar surface area (TPSA) is 94.7 Å². The number of nitrogens with zero attached hydrogens (tertiary/aromatic N) is 2. The number of imidazole rings is 1. The van der Waals surface area contributed by atoms with Crippen LogP contribution in [0, 0.1) is 0 Å². The molecule has 8 heteroatoms. The van der Waals surface area contributed by atoms with E-state index in [1.807, 2.05) is 80.3 Å². The molecule has 7 nitrogen and oxygen atoms in total. The lowest BCUT2D eigenvalue weighted by Gasteiger charge is -2.09. The van der Waals surface area contributed by atoms with E-state index >= 15 is 0 Å². The molecule has 0 unspecified atom stereocenters. The number of amides is 1. The summed E-state index contributed by atoms with van der Waals surface area (Å²) in [6, 6.07) is 15.7. The summed E-state index contributed by atoms with van der Waals surface area (Å²) in [5.41, 5.74) is 12.4. The highest BCUT2D eigenvalue weighted by Gasteiger charge is 2.06. The number of aromatic nitrogens is 3. The summed E-state index contributed by atoms with van der Waals surface area (Å²) < 4.78 is 0. The molecule has 0 saturated heterocycles. The standard InChI is InChI=1S/C12H19N3O.C10H7N3S/c1-9(2)15-12(16)11-6-4-10(5-7-11)8-14-13-3;1-2-4-8-7(3-1)12-10(13-8)9-5-14-6-11-9/h4-7,9,13-14H,8H2,1-3H3,(H,15,16);1-6H,(H,12,13). The van der Waals surface area contributed by atoms with E-state index in [0.717, 1.165) is 34.7 Å².